The lowest BCUT2D eigenvalue weighted by molar-refractivity contribution is 0.0996. The summed E-state index contributed by atoms with van der Waals surface area (Å²) < 4.78 is 37.1. The average molecular weight is 490 g/mol. The maximum atomic E-state index is 14.0. The molecule has 1 aromatic carbocycles. The van der Waals surface area contributed by atoms with Crippen LogP contribution in [0.4, 0.5) is 18.6 Å². The summed E-state index contributed by atoms with van der Waals surface area (Å²) in [7, 11) is 4.05. The zero-order valence-electron chi connectivity index (χ0n) is 17.8. The van der Waals surface area contributed by atoms with E-state index in [1.807, 2.05) is 14.1 Å². The molecule has 0 radical (unpaired) electrons. The summed E-state index contributed by atoms with van der Waals surface area (Å²) in [6, 6.07) is 1.56. The summed E-state index contributed by atoms with van der Waals surface area (Å²) in [5, 5.41) is 5.01. The minimum absolute atomic E-state index is 0.0722. The van der Waals surface area contributed by atoms with Crippen molar-refractivity contribution in [2.75, 3.05) is 32.5 Å². The Morgan fingerprint density at radius 2 is 1.94 bits per heavy atom. The highest BCUT2D eigenvalue weighted by Gasteiger charge is 2.23. The van der Waals surface area contributed by atoms with E-state index in [1.165, 1.54) is 0 Å². The zero-order chi connectivity index (χ0) is 23.7. The molecule has 176 valence electrons. The van der Waals surface area contributed by atoms with Gasteiger partial charge in [-0.2, -0.15) is 4.37 Å². The summed E-state index contributed by atoms with van der Waals surface area (Å²) in [5.41, 5.74) is 4.78. The standard InChI is InChI=1S/C20H26ClF2N5O3S/c1-28(2)10-6-4-3-5-9-25-20(30)26-19-15(17(24)29)18(27-32-19)31-11-12-14(22)8-7-13(21)16(12)23/h7-8H,3-6,9-11H2,1-2H3,(H2,24,29)(H2,25,26,30). The van der Waals surface area contributed by atoms with Crippen molar-refractivity contribution >= 4 is 40.1 Å². The van der Waals surface area contributed by atoms with Gasteiger partial charge in [0.25, 0.3) is 5.91 Å². The smallest absolute Gasteiger partial charge is 0.319 e. The van der Waals surface area contributed by atoms with E-state index >= 15 is 0 Å². The number of aromatic nitrogens is 1. The number of carbonyl (C=O) groups excluding carboxylic acids is 2. The normalized spacial score (nSPS) is 10.9. The van der Waals surface area contributed by atoms with Crippen LogP contribution >= 0.6 is 23.1 Å². The molecule has 4 N–H and O–H groups in total. The Balaban J connectivity index is 1.90. The number of carbonyl (C=O) groups is 2. The van der Waals surface area contributed by atoms with Crippen LogP contribution < -0.4 is 21.1 Å². The lowest BCUT2D eigenvalue weighted by atomic mass is 10.2. The number of hydrogen-bond acceptors (Lipinski definition) is 6. The highest BCUT2D eigenvalue weighted by molar-refractivity contribution is 7.11. The molecule has 2 aromatic rings. The predicted octanol–water partition coefficient (Wildman–Crippen LogP) is 4.00. The topological polar surface area (TPSA) is 110 Å². The Morgan fingerprint density at radius 3 is 2.62 bits per heavy atom. The summed E-state index contributed by atoms with van der Waals surface area (Å²) in [6.07, 6.45) is 3.96. The van der Waals surface area contributed by atoms with Crippen LogP contribution in [0.2, 0.25) is 5.02 Å². The number of ether oxygens (including phenoxy) is 1. The molecule has 0 unspecified atom stereocenters. The fourth-order valence-electron chi connectivity index (χ4n) is 2.77. The number of nitrogens with zero attached hydrogens (tertiary/aromatic N) is 2. The molecule has 2 rings (SSSR count). The summed E-state index contributed by atoms with van der Waals surface area (Å²) in [4.78, 5) is 26.1. The van der Waals surface area contributed by atoms with Crippen molar-refractivity contribution in [2.24, 2.45) is 5.73 Å². The van der Waals surface area contributed by atoms with Crippen LogP contribution in [0.15, 0.2) is 12.1 Å². The van der Waals surface area contributed by atoms with Crippen LogP contribution in [0, 0.1) is 11.6 Å². The Kier molecular flexibility index (Phi) is 10.1. The van der Waals surface area contributed by atoms with Crippen molar-refractivity contribution in [2.45, 2.75) is 32.3 Å². The van der Waals surface area contributed by atoms with Crippen LogP contribution in [0.25, 0.3) is 0 Å². The third-order valence-electron chi connectivity index (χ3n) is 4.44. The molecule has 0 spiro atoms. The Hall–Kier alpha value is -2.50. The highest BCUT2D eigenvalue weighted by atomic mass is 35.5. The van der Waals surface area contributed by atoms with Gasteiger partial charge in [-0.15, -0.1) is 0 Å². The van der Waals surface area contributed by atoms with E-state index < -0.39 is 35.7 Å². The van der Waals surface area contributed by atoms with Gasteiger partial charge in [-0.3, -0.25) is 10.1 Å². The molecular formula is C20H26ClF2N5O3S. The van der Waals surface area contributed by atoms with Crippen LogP contribution in [0.1, 0.15) is 41.6 Å². The molecule has 0 fully saturated rings. The Morgan fingerprint density at radius 1 is 1.22 bits per heavy atom. The van der Waals surface area contributed by atoms with Gasteiger partial charge in [-0.25, -0.2) is 13.6 Å². The second-order valence-corrected chi connectivity index (χ2v) is 8.45. The van der Waals surface area contributed by atoms with Crippen LogP contribution in [-0.4, -0.2) is 48.4 Å². The van der Waals surface area contributed by atoms with Gasteiger partial charge in [0, 0.05) is 6.54 Å². The minimum atomic E-state index is -0.970. The Bertz CT molecular complexity index is 942. The average Bonchev–Trinajstić information content (AvgIpc) is 3.12. The lowest BCUT2D eigenvalue weighted by Gasteiger charge is -2.10. The van der Waals surface area contributed by atoms with Crippen molar-refractivity contribution in [1.29, 1.82) is 0 Å². The molecule has 12 heteroatoms. The van der Waals surface area contributed by atoms with Crippen LogP contribution in [-0.2, 0) is 6.61 Å². The zero-order valence-corrected chi connectivity index (χ0v) is 19.4. The first-order valence-electron chi connectivity index (χ1n) is 9.95. The summed E-state index contributed by atoms with van der Waals surface area (Å²) >= 11 is 6.43. The van der Waals surface area contributed by atoms with Crippen LogP contribution in [0.5, 0.6) is 5.88 Å². The minimum Gasteiger partial charge on any atom is -0.471 e. The molecule has 0 atom stereocenters. The fraction of sp³-hybridized carbons (Fsp3) is 0.450. The first-order valence-corrected chi connectivity index (χ1v) is 11.1. The number of halogens is 3. The molecule has 8 nitrogen and oxygen atoms in total. The summed E-state index contributed by atoms with van der Waals surface area (Å²) in [6.45, 7) is 0.924. The van der Waals surface area contributed by atoms with Gasteiger partial charge in [-0.1, -0.05) is 24.4 Å². The molecule has 0 aliphatic carbocycles. The van der Waals surface area contributed by atoms with Crippen molar-refractivity contribution in [3.05, 3.63) is 39.9 Å². The van der Waals surface area contributed by atoms with Crippen molar-refractivity contribution < 1.29 is 23.1 Å². The first kappa shape index (κ1) is 25.8. The molecule has 1 heterocycles. The third-order valence-corrected chi connectivity index (χ3v) is 5.48. The monoisotopic (exact) mass is 489 g/mol. The number of urea groups is 1. The second-order valence-electron chi connectivity index (χ2n) is 7.26. The molecule has 0 aliphatic rings. The number of hydrogen-bond donors (Lipinski definition) is 3. The SMILES string of the molecule is CN(C)CCCCCCNC(=O)Nc1snc(OCc2c(F)ccc(Cl)c2F)c1C(N)=O. The first-order chi connectivity index (χ1) is 15.2. The number of amides is 3. The van der Waals surface area contributed by atoms with Gasteiger partial charge in [0.15, 0.2) is 5.82 Å². The van der Waals surface area contributed by atoms with E-state index in [2.05, 4.69) is 19.9 Å². The van der Waals surface area contributed by atoms with E-state index in [9.17, 15) is 18.4 Å². The molecule has 0 bridgehead atoms. The molecule has 0 aliphatic heterocycles. The second kappa shape index (κ2) is 12.5. The van der Waals surface area contributed by atoms with Gasteiger partial charge in [0.05, 0.1) is 10.6 Å². The van der Waals surface area contributed by atoms with Gasteiger partial charge in [0.2, 0.25) is 5.88 Å². The van der Waals surface area contributed by atoms with Crippen molar-refractivity contribution in [3.63, 3.8) is 0 Å². The van der Waals surface area contributed by atoms with Crippen molar-refractivity contribution in [1.82, 2.24) is 14.6 Å². The van der Waals surface area contributed by atoms with Gasteiger partial charge in [-0.05, 0) is 57.1 Å². The molecule has 1 aromatic heterocycles. The van der Waals surface area contributed by atoms with E-state index in [4.69, 9.17) is 22.1 Å². The number of primary amides is 1. The largest absolute Gasteiger partial charge is 0.471 e. The Labute approximate surface area is 194 Å². The van der Waals surface area contributed by atoms with Gasteiger partial charge in [0.1, 0.15) is 23.0 Å². The maximum absolute atomic E-state index is 14.0. The molecule has 0 saturated heterocycles. The number of anilines is 1. The maximum Gasteiger partial charge on any atom is 0.319 e. The van der Waals surface area contributed by atoms with Gasteiger partial charge >= 0.3 is 6.03 Å². The number of rotatable bonds is 12. The van der Waals surface area contributed by atoms with E-state index in [1.54, 1.807) is 0 Å². The summed E-state index contributed by atoms with van der Waals surface area (Å²) in [5.74, 6) is -2.97. The number of unbranched alkanes of at least 4 members (excludes halogenated alkanes) is 3. The molecule has 3 amide bonds. The highest BCUT2D eigenvalue weighted by Crippen LogP contribution is 2.31. The van der Waals surface area contributed by atoms with Crippen LogP contribution in [0.3, 0.4) is 0 Å². The van der Waals surface area contributed by atoms with E-state index in [0.29, 0.717) is 6.54 Å². The van der Waals surface area contributed by atoms with Crippen molar-refractivity contribution in [3.8, 4) is 5.88 Å². The predicted molar refractivity (Wildman–Crippen MR) is 120 cm³/mol. The van der Waals surface area contributed by atoms with E-state index in [-0.39, 0.29) is 21.5 Å². The lowest BCUT2D eigenvalue weighted by Crippen LogP contribution is -2.30. The van der Waals surface area contributed by atoms with Gasteiger partial charge < -0.3 is 20.7 Å². The number of nitrogens with two attached hydrogens (primary N) is 1. The quantitative estimate of drug-likeness (QED) is 0.308. The number of benzene rings is 1. The number of nitrogens with one attached hydrogen (secondary N) is 2. The molecule has 0 saturated carbocycles. The molecule has 32 heavy (non-hydrogen) atoms. The third kappa shape index (κ3) is 7.57. The van der Waals surface area contributed by atoms with E-state index in [0.717, 1.165) is 55.9 Å². The molecular weight excluding hydrogens is 464 g/mol. The fourth-order valence-corrected chi connectivity index (χ4v) is 3.69.